The largest absolute Gasteiger partial charge is 0.454 e. The summed E-state index contributed by atoms with van der Waals surface area (Å²) in [5.74, 6) is -1.60. The summed E-state index contributed by atoms with van der Waals surface area (Å²) in [6.07, 6.45) is 2.96. The molecule has 0 unspecified atom stereocenters. The molecule has 2 fully saturated rings. The molecule has 1 aliphatic carbocycles. The highest BCUT2D eigenvalue weighted by atomic mass is 16.6. The molecule has 1 aromatic rings. The van der Waals surface area contributed by atoms with Gasteiger partial charge in [-0.1, -0.05) is 26.8 Å². The lowest BCUT2D eigenvalue weighted by Crippen LogP contribution is -2.40. The second-order valence-corrected chi connectivity index (χ2v) is 9.39. The molecule has 162 valence electrons. The van der Waals surface area contributed by atoms with Crippen LogP contribution in [0.5, 0.6) is 0 Å². The van der Waals surface area contributed by atoms with Gasteiger partial charge in [0, 0.05) is 30.3 Å². The van der Waals surface area contributed by atoms with Crippen molar-refractivity contribution in [1.29, 1.82) is 0 Å². The molecule has 1 saturated carbocycles. The topological polar surface area (TPSA) is 119 Å². The number of rotatable bonds is 6. The fourth-order valence-corrected chi connectivity index (χ4v) is 5.04. The highest BCUT2D eigenvalue weighted by molar-refractivity contribution is 5.96. The third kappa shape index (κ3) is 4.95. The summed E-state index contributed by atoms with van der Waals surface area (Å²) in [6.45, 7) is 6.51. The molecule has 2 aliphatic rings. The van der Waals surface area contributed by atoms with Crippen molar-refractivity contribution in [3.8, 4) is 0 Å². The van der Waals surface area contributed by atoms with Crippen molar-refractivity contribution >= 4 is 23.5 Å². The van der Waals surface area contributed by atoms with Gasteiger partial charge in [0.1, 0.15) is 6.54 Å². The van der Waals surface area contributed by atoms with E-state index in [0.29, 0.717) is 6.54 Å². The van der Waals surface area contributed by atoms with E-state index in [1.807, 2.05) is 4.90 Å². The SMILES string of the molecule is CC1(C)C[C@H]2C[C@](C)(CN2C(=O)COC(=O)CNC(=O)c2cccc([N+](=O)[O-])c2)C1. The summed E-state index contributed by atoms with van der Waals surface area (Å²) in [6, 6.07) is 5.35. The van der Waals surface area contributed by atoms with Crippen LogP contribution in [-0.2, 0) is 14.3 Å². The van der Waals surface area contributed by atoms with Crippen molar-refractivity contribution in [3.63, 3.8) is 0 Å². The molecular weight excluding hydrogens is 390 g/mol. The van der Waals surface area contributed by atoms with Crippen molar-refractivity contribution < 1.29 is 24.0 Å². The lowest BCUT2D eigenvalue weighted by atomic mass is 9.65. The Hall–Kier alpha value is -2.97. The highest BCUT2D eigenvalue weighted by Gasteiger charge is 2.50. The molecule has 0 radical (unpaired) electrons. The molecule has 1 saturated heterocycles. The maximum Gasteiger partial charge on any atom is 0.325 e. The van der Waals surface area contributed by atoms with Gasteiger partial charge in [-0.05, 0) is 36.2 Å². The first kappa shape index (κ1) is 21.7. The number of nitro benzene ring substituents is 1. The molecule has 2 amide bonds. The lowest BCUT2D eigenvalue weighted by Gasteiger charge is -2.39. The molecule has 3 rings (SSSR count). The summed E-state index contributed by atoms with van der Waals surface area (Å²) >= 11 is 0. The average molecular weight is 417 g/mol. The normalized spacial score (nSPS) is 24.2. The van der Waals surface area contributed by atoms with E-state index >= 15 is 0 Å². The molecule has 1 aliphatic heterocycles. The smallest absolute Gasteiger partial charge is 0.325 e. The Labute approximate surface area is 174 Å². The van der Waals surface area contributed by atoms with Crippen LogP contribution < -0.4 is 5.32 Å². The Kier molecular flexibility index (Phi) is 5.83. The summed E-state index contributed by atoms with van der Waals surface area (Å²) in [5, 5.41) is 13.1. The molecule has 1 heterocycles. The first-order valence-corrected chi connectivity index (χ1v) is 9.96. The predicted molar refractivity (Wildman–Crippen MR) is 108 cm³/mol. The average Bonchev–Trinajstić information content (AvgIpc) is 2.92. The van der Waals surface area contributed by atoms with Gasteiger partial charge in [-0.25, -0.2) is 0 Å². The number of carbonyl (C=O) groups is 3. The van der Waals surface area contributed by atoms with Gasteiger partial charge < -0.3 is 15.0 Å². The van der Waals surface area contributed by atoms with Gasteiger partial charge in [0.15, 0.2) is 6.61 Å². The van der Waals surface area contributed by atoms with E-state index in [2.05, 4.69) is 26.1 Å². The van der Waals surface area contributed by atoms with Gasteiger partial charge in [-0.15, -0.1) is 0 Å². The number of nitro groups is 1. The van der Waals surface area contributed by atoms with E-state index in [0.717, 1.165) is 25.3 Å². The molecule has 0 aromatic heterocycles. The Bertz CT molecular complexity index is 883. The minimum absolute atomic E-state index is 0.0632. The minimum Gasteiger partial charge on any atom is -0.454 e. The summed E-state index contributed by atoms with van der Waals surface area (Å²) in [4.78, 5) is 48.6. The number of amides is 2. The van der Waals surface area contributed by atoms with Crippen LogP contribution >= 0.6 is 0 Å². The zero-order valence-corrected chi connectivity index (χ0v) is 17.5. The first-order valence-electron chi connectivity index (χ1n) is 9.96. The number of hydrogen-bond acceptors (Lipinski definition) is 6. The van der Waals surface area contributed by atoms with Crippen LogP contribution in [0.1, 0.15) is 50.4 Å². The van der Waals surface area contributed by atoms with E-state index in [1.165, 1.54) is 18.2 Å². The number of nitrogens with one attached hydrogen (secondary N) is 1. The first-order chi connectivity index (χ1) is 14.0. The predicted octanol–water partition coefficient (Wildman–Crippen LogP) is 2.29. The zero-order valence-electron chi connectivity index (χ0n) is 17.5. The van der Waals surface area contributed by atoms with Gasteiger partial charge in [0.25, 0.3) is 17.5 Å². The summed E-state index contributed by atoms with van der Waals surface area (Å²) < 4.78 is 5.04. The minimum atomic E-state index is -0.740. The monoisotopic (exact) mass is 417 g/mol. The molecule has 2 bridgehead atoms. The molecule has 9 heteroatoms. The zero-order chi connectivity index (χ0) is 22.1. The summed E-state index contributed by atoms with van der Waals surface area (Å²) in [5.41, 5.74) is 0.121. The molecule has 30 heavy (non-hydrogen) atoms. The number of non-ortho nitro benzene ring substituents is 1. The van der Waals surface area contributed by atoms with E-state index in [1.54, 1.807) is 0 Å². The second kappa shape index (κ2) is 8.04. The second-order valence-electron chi connectivity index (χ2n) is 9.39. The van der Waals surface area contributed by atoms with Crippen molar-refractivity contribution in [2.75, 3.05) is 19.7 Å². The highest BCUT2D eigenvalue weighted by Crippen LogP contribution is 2.52. The maximum absolute atomic E-state index is 12.6. The standard InChI is InChI=1S/C21H27N3O6/c1-20(2)8-16-9-21(3,12-20)13-23(16)17(25)11-30-18(26)10-22-19(27)14-5-4-6-15(7-14)24(28)29/h4-7,16H,8-13H2,1-3H3,(H,22,27)/t16-,21-/m0/s1. The van der Waals surface area contributed by atoms with Crippen molar-refractivity contribution in [1.82, 2.24) is 10.2 Å². The van der Waals surface area contributed by atoms with Crippen LogP contribution in [0, 0.1) is 20.9 Å². The molecule has 9 nitrogen and oxygen atoms in total. The molecular formula is C21H27N3O6. The number of benzene rings is 1. The third-order valence-corrected chi connectivity index (χ3v) is 5.80. The van der Waals surface area contributed by atoms with E-state index in [9.17, 15) is 24.5 Å². The third-order valence-electron chi connectivity index (χ3n) is 5.80. The molecule has 2 atom stereocenters. The Morgan fingerprint density at radius 2 is 2.00 bits per heavy atom. The number of ether oxygens (including phenoxy) is 1. The number of fused-ring (bicyclic) bond motifs is 2. The van der Waals surface area contributed by atoms with Crippen LogP contribution in [0.15, 0.2) is 24.3 Å². The van der Waals surface area contributed by atoms with Crippen LogP contribution in [0.4, 0.5) is 5.69 Å². The van der Waals surface area contributed by atoms with Crippen LogP contribution in [0.2, 0.25) is 0 Å². The Morgan fingerprint density at radius 3 is 2.70 bits per heavy atom. The summed E-state index contributed by atoms with van der Waals surface area (Å²) in [7, 11) is 0. The molecule has 1 N–H and O–H groups in total. The molecule has 0 spiro atoms. The van der Waals surface area contributed by atoms with Crippen LogP contribution in [0.3, 0.4) is 0 Å². The number of hydrogen-bond donors (Lipinski definition) is 1. The van der Waals surface area contributed by atoms with E-state index in [4.69, 9.17) is 4.74 Å². The quantitative estimate of drug-likeness (QED) is 0.431. The van der Waals surface area contributed by atoms with E-state index < -0.39 is 23.3 Å². The van der Waals surface area contributed by atoms with Crippen molar-refractivity contribution in [2.45, 2.75) is 46.1 Å². The molecule has 1 aromatic carbocycles. The van der Waals surface area contributed by atoms with Crippen LogP contribution in [0.25, 0.3) is 0 Å². The fourth-order valence-electron chi connectivity index (χ4n) is 5.04. The maximum atomic E-state index is 12.6. The Morgan fingerprint density at radius 1 is 1.27 bits per heavy atom. The van der Waals surface area contributed by atoms with Gasteiger partial charge >= 0.3 is 5.97 Å². The van der Waals surface area contributed by atoms with Crippen LogP contribution in [-0.4, -0.2) is 53.3 Å². The Balaban J connectivity index is 1.47. The van der Waals surface area contributed by atoms with Gasteiger partial charge in [-0.2, -0.15) is 0 Å². The van der Waals surface area contributed by atoms with Crippen molar-refractivity contribution in [2.24, 2.45) is 10.8 Å². The number of carbonyl (C=O) groups excluding carboxylic acids is 3. The lowest BCUT2D eigenvalue weighted by molar-refractivity contribution is -0.384. The number of nitrogens with zero attached hydrogens (tertiary/aromatic N) is 2. The van der Waals surface area contributed by atoms with Crippen molar-refractivity contribution in [3.05, 3.63) is 39.9 Å². The van der Waals surface area contributed by atoms with Gasteiger partial charge in [-0.3, -0.25) is 24.5 Å². The van der Waals surface area contributed by atoms with Gasteiger partial charge in [0.05, 0.1) is 4.92 Å². The van der Waals surface area contributed by atoms with Gasteiger partial charge in [0.2, 0.25) is 0 Å². The fraction of sp³-hybridized carbons (Fsp3) is 0.571. The number of likely N-dealkylation sites (tertiary alicyclic amines) is 1. The number of esters is 1. The van der Waals surface area contributed by atoms with E-state index in [-0.39, 0.29) is 40.6 Å².